The molecule has 88 valence electrons. The largest absolute Gasteiger partial charge is 0.450 e. The second-order valence-electron chi connectivity index (χ2n) is 3.59. The average Bonchev–Trinajstić information content (AvgIpc) is 2.70. The van der Waals surface area contributed by atoms with Gasteiger partial charge in [-0.05, 0) is 25.7 Å². The van der Waals surface area contributed by atoms with Crippen LogP contribution in [-0.2, 0) is 9.47 Å². The van der Waals surface area contributed by atoms with Crippen LogP contribution in [0.4, 0.5) is 4.79 Å². The Labute approximate surface area is 95.3 Å². The normalized spacial score (nSPS) is 20.2. The molecule has 1 rings (SSSR count). The summed E-state index contributed by atoms with van der Waals surface area (Å²) < 4.78 is 10.1. The van der Waals surface area contributed by atoms with Gasteiger partial charge in [0, 0.05) is 12.5 Å². The summed E-state index contributed by atoms with van der Waals surface area (Å²) in [5.41, 5.74) is 0. The molecule has 1 aliphatic rings. The molecule has 5 heteroatoms. The van der Waals surface area contributed by atoms with Gasteiger partial charge in [0.15, 0.2) is 0 Å². The number of ether oxygens (including phenoxy) is 2. The summed E-state index contributed by atoms with van der Waals surface area (Å²) in [6.45, 7) is 1.79. The van der Waals surface area contributed by atoms with Gasteiger partial charge >= 0.3 is 6.09 Å². The first-order valence-electron chi connectivity index (χ1n) is 5.40. The SMILES string of the molecule is O=C(NC1CCOC1)OCCCCCCl. The second kappa shape index (κ2) is 7.77. The minimum absolute atomic E-state index is 0.125. The number of halogens is 1. The molecule has 0 aliphatic carbocycles. The Hall–Kier alpha value is -0.480. The van der Waals surface area contributed by atoms with E-state index >= 15 is 0 Å². The van der Waals surface area contributed by atoms with Gasteiger partial charge in [-0.1, -0.05) is 0 Å². The smallest absolute Gasteiger partial charge is 0.407 e. The maximum Gasteiger partial charge on any atom is 0.407 e. The molecule has 1 N–H and O–H groups in total. The van der Waals surface area contributed by atoms with Crippen LogP contribution in [0.3, 0.4) is 0 Å². The molecule has 1 aliphatic heterocycles. The third kappa shape index (κ3) is 5.85. The highest BCUT2D eigenvalue weighted by Crippen LogP contribution is 2.03. The molecule has 0 saturated carbocycles. The van der Waals surface area contributed by atoms with Crippen LogP contribution < -0.4 is 5.32 Å². The fourth-order valence-corrected chi connectivity index (χ4v) is 1.58. The lowest BCUT2D eigenvalue weighted by Crippen LogP contribution is -2.35. The summed E-state index contributed by atoms with van der Waals surface area (Å²) in [5, 5.41) is 2.76. The van der Waals surface area contributed by atoms with Gasteiger partial charge in [0.05, 0.1) is 19.3 Å². The molecule has 0 radical (unpaired) electrons. The van der Waals surface area contributed by atoms with Crippen LogP contribution in [0.1, 0.15) is 25.7 Å². The molecule has 1 atom stereocenters. The first-order chi connectivity index (χ1) is 7.33. The standard InChI is InChI=1S/C10H18ClNO3/c11-5-2-1-3-6-15-10(13)12-9-4-7-14-8-9/h9H,1-8H2,(H,12,13). The molecule has 15 heavy (non-hydrogen) atoms. The summed E-state index contributed by atoms with van der Waals surface area (Å²) in [6.07, 6.45) is 3.39. The van der Waals surface area contributed by atoms with E-state index in [0.717, 1.165) is 32.3 Å². The van der Waals surface area contributed by atoms with Crippen molar-refractivity contribution >= 4 is 17.7 Å². The number of nitrogens with one attached hydrogen (secondary N) is 1. The van der Waals surface area contributed by atoms with Crippen LogP contribution in [0, 0.1) is 0 Å². The number of alkyl carbamates (subject to hydrolysis) is 1. The Morgan fingerprint density at radius 2 is 2.33 bits per heavy atom. The first-order valence-corrected chi connectivity index (χ1v) is 5.93. The molecule has 1 amide bonds. The Balaban J connectivity index is 1.93. The van der Waals surface area contributed by atoms with Crippen LogP contribution in [0.25, 0.3) is 0 Å². The van der Waals surface area contributed by atoms with Crippen LogP contribution in [0.15, 0.2) is 0 Å². The van der Waals surface area contributed by atoms with E-state index in [0.29, 0.717) is 19.1 Å². The number of hydrogen-bond donors (Lipinski definition) is 1. The summed E-state index contributed by atoms with van der Waals surface area (Å²) in [5.74, 6) is 0.672. The number of amides is 1. The van der Waals surface area contributed by atoms with Crippen molar-refractivity contribution in [3.8, 4) is 0 Å². The van der Waals surface area contributed by atoms with Crippen molar-refractivity contribution in [2.24, 2.45) is 0 Å². The quantitative estimate of drug-likeness (QED) is 0.565. The predicted molar refractivity (Wildman–Crippen MR) is 58.3 cm³/mol. The molecule has 1 fully saturated rings. The van der Waals surface area contributed by atoms with Crippen LogP contribution in [0.2, 0.25) is 0 Å². The van der Waals surface area contributed by atoms with Crippen molar-refractivity contribution in [2.45, 2.75) is 31.7 Å². The predicted octanol–water partition coefficient (Wildman–Crippen LogP) is 1.91. The van der Waals surface area contributed by atoms with Gasteiger partial charge < -0.3 is 14.8 Å². The average molecular weight is 236 g/mol. The number of carbonyl (C=O) groups is 1. The fourth-order valence-electron chi connectivity index (χ4n) is 1.39. The van der Waals surface area contributed by atoms with Crippen molar-refractivity contribution < 1.29 is 14.3 Å². The van der Waals surface area contributed by atoms with Crippen LogP contribution in [0.5, 0.6) is 0 Å². The van der Waals surface area contributed by atoms with E-state index < -0.39 is 0 Å². The monoisotopic (exact) mass is 235 g/mol. The van der Waals surface area contributed by atoms with Crippen molar-refractivity contribution in [3.63, 3.8) is 0 Å². The zero-order valence-corrected chi connectivity index (χ0v) is 9.59. The van der Waals surface area contributed by atoms with Gasteiger partial charge in [0.1, 0.15) is 0 Å². The fraction of sp³-hybridized carbons (Fsp3) is 0.900. The lowest BCUT2D eigenvalue weighted by atomic mass is 10.3. The molecule has 0 aromatic rings. The number of rotatable bonds is 6. The molecule has 1 heterocycles. The second-order valence-corrected chi connectivity index (χ2v) is 3.97. The van der Waals surface area contributed by atoms with E-state index in [1.807, 2.05) is 0 Å². The molecule has 1 saturated heterocycles. The molecule has 0 aromatic heterocycles. The summed E-state index contributed by atoms with van der Waals surface area (Å²) in [6, 6.07) is 0.125. The third-order valence-corrected chi connectivity index (χ3v) is 2.53. The minimum atomic E-state index is -0.337. The zero-order chi connectivity index (χ0) is 10.9. The Bertz CT molecular complexity index is 184. The molecular formula is C10H18ClNO3. The number of carbonyl (C=O) groups excluding carboxylic acids is 1. The number of unbranched alkanes of at least 4 members (excludes halogenated alkanes) is 2. The van der Waals surface area contributed by atoms with Gasteiger partial charge in [-0.2, -0.15) is 0 Å². The number of hydrogen-bond acceptors (Lipinski definition) is 3. The lowest BCUT2D eigenvalue weighted by Gasteiger charge is -2.10. The van der Waals surface area contributed by atoms with Gasteiger partial charge in [0.2, 0.25) is 0 Å². The van der Waals surface area contributed by atoms with E-state index in [-0.39, 0.29) is 12.1 Å². The van der Waals surface area contributed by atoms with Crippen LogP contribution >= 0.6 is 11.6 Å². The zero-order valence-electron chi connectivity index (χ0n) is 8.84. The van der Waals surface area contributed by atoms with Crippen LogP contribution in [-0.4, -0.2) is 37.8 Å². The molecule has 1 unspecified atom stereocenters. The maximum absolute atomic E-state index is 11.2. The van der Waals surface area contributed by atoms with E-state index in [9.17, 15) is 4.79 Å². The van der Waals surface area contributed by atoms with Crippen molar-refractivity contribution in [2.75, 3.05) is 25.7 Å². The molecule has 0 aromatic carbocycles. The summed E-state index contributed by atoms with van der Waals surface area (Å²) >= 11 is 5.52. The van der Waals surface area contributed by atoms with E-state index in [4.69, 9.17) is 21.1 Å². The maximum atomic E-state index is 11.2. The van der Waals surface area contributed by atoms with E-state index in [2.05, 4.69) is 5.32 Å². The van der Waals surface area contributed by atoms with Crippen molar-refractivity contribution in [1.82, 2.24) is 5.32 Å². The highest BCUT2D eigenvalue weighted by atomic mass is 35.5. The third-order valence-electron chi connectivity index (χ3n) is 2.26. The highest BCUT2D eigenvalue weighted by molar-refractivity contribution is 6.17. The lowest BCUT2D eigenvalue weighted by molar-refractivity contribution is 0.136. The number of alkyl halides is 1. The summed E-state index contributed by atoms with van der Waals surface area (Å²) in [4.78, 5) is 11.2. The topological polar surface area (TPSA) is 47.6 Å². The summed E-state index contributed by atoms with van der Waals surface area (Å²) in [7, 11) is 0. The van der Waals surface area contributed by atoms with Crippen molar-refractivity contribution in [1.29, 1.82) is 0 Å². The van der Waals surface area contributed by atoms with Gasteiger partial charge in [-0.25, -0.2) is 4.79 Å². The Morgan fingerprint density at radius 3 is 3.00 bits per heavy atom. The Morgan fingerprint density at radius 1 is 1.47 bits per heavy atom. The van der Waals surface area contributed by atoms with E-state index in [1.165, 1.54) is 0 Å². The van der Waals surface area contributed by atoms with E-state index in [1.54, 1.807) is 0 Å². The molecular weight excluding hydrogens is 218 g/mol. The highest BCUT2D eigenvalue weighted by Gasteiger charge is 2.17. The minimum Gasteiger partial charge on any atom is -0.450 e. The van der Waals surface area contributed by atoms with Gasteiger partial charge in [0.25, 0.3) is 0 Å². The first kappa shape index (κ1) is 12.6. The van der Waals surface area contributed by atoms with Gasteiger partial charge in [-0.15, -0.1) is 11.6 Å². The van der Waals surface area contributed by atoms with Crippen molar-refractivity contribution in [3.05, 3.63) is 0 Å². The molecule has 4 nitrogen and oxygen atoms in total. The van der Waals surface area contributed by atoms with Gasteiger partial charge in [-0.3, -0.25) is 0 Å². The Kier molecular flexibility index (Phi) is 6.52. The molecule has 0 bridgehead atoms. The molecule has 0 spiro atoms.